The van der Waals surface area contributed by atoms with Crippen LogP contribution >= 0.6 is 0 Å². The van der Waals surface area contributed by atoms with Crippen LogP contribution in [0.2, 0.25) is 0 Å². The number of fused-ring (bicyclic) bond motifs is 5. The second-order valence-electron chi connectivity index (χ2n) is 8.12. The van der Waals surface area contributed by atoms with E-state index in [0.29, 0.717) is 23.7 Å². The quantitative estimate of drug-likeness (QED) is 0.839. The number of carboxylic acids is 1. The van der Waals surface area contributed by atoms with Crippen molar-refractivity contribution >= 4 is 5.97 Å². The standard InChI is InChI=1S/C20H26O2/c1-20-9-4-7-18(20)17-11-13(12-19(21)22)14-5-2-3-6-15(14)16(17)8-10-20/h2-3,5-6,13,16-18H,4,7-12H2,1H3,(H,21,22)/t13?,16-,17-,18+,20+/m1/s1. The van der Waals surface area contributed by atoms with Crippen LogP contribution in [0.5, 0.6) is 0 Å². The Morgan fingerprint density at radius 3 is 2.77 bits per heavy atom. The minimum Gasteiger partial charge on any atom is -0.481 e. The van der Waals surface area contributed by atoms with Gasteiger partial charge in [0.1, 0.15) is 0 Å². The second-order valence-corrected chi connectivity index (χ2v) is 8.12. The SMILES string of the molecule is C[C@@]12CCC[C@H]1[C@@H]1CC(CC(=O)O)c3ccccc3[C@H]1CC2. The summed E-state index contributed by atoms with van der Waals surface area (Å²) in [6.07, 6.45) is 8.16. The third-order valence-electron chi connectivity index (χ3n) is 7.03. The van der Waals surface area contributed by atoms with Crippen LogP contribution in [0.1, 0.15) is 74.8 Å². The predicted octanol–water partition coefficient (Wildman–Crippen LogP) is 4.95. The maximum Gasteiger partial charge on any atom is 0.303 e. The number of carboxylic acid groups (broad SMARTS) is 1. The minimum absolute atomic E-state index is 0.220. The van der Waals surface area contributed by atoms with Gasteiger partial charge in [-0.3, -0.25) is 4.79 Å². The molecule has 1 unspecified atom stereocenters. The molecule has 0 amide bonds. The first-order valence-electron chi connectivity index (χ1n) is 8.89. The number of benzene rings is 1. The summed E-state index contributed by atoms with van der Waals surface area (Å²) in [6.45, 7) is 2.49. The lowest BCUT2D eigenvalue weighted by Crippen LogP contribution is -2.40. The number of hydrogen-bond donors (Lipinski definition) is 1. The highest BCUT2D eigenvalue weighted by atomic mass is 16.4. The van der Waals surface area contributed by atoms with Crippen LogP contribution in [0.25, 0.3) is 0 Å². The molecule has 4 rings (SSSR count). The Balaban J connectivity index is 1.73. The lowest BCUT2D eigenvalue weighted by atomic mass is 9.54. The Kier molecular flexibility index (Phi) is 3.32. The molecule has 2 saturated carbocycles. The van der Waals surface area contributed by atoms with Crippen LogP contribution < -0.4 is 0 Å². The summed E-state index contributed by atoms with van der Waals surface area (Å²) in [4.78, 5) is 11.3. The lowest BCUT2D eigenvalue weighted by molar-refractivity contribution is -0.137. The lowest BCUT2D eigenvalue weighted by Gasteiger charge is -2.50. The molecule has 22 heavy (non-hydrogen) atoms. The zero-order valence-electron chi connectivity index (χ0n) is 13.4. The van der Waals surface area contributed by atoms with Crippen molar-refractivity contribution in [2.75, 3.05) is 0 Å². The highest BCUT2D eigenvalue weighted by molar-refractivity contribution is 5.68. The zero-order valence-corrected chi connectivity index (χ0v) is 13.4. The monoisotopic (exact) mass is 298 g/mol. The van der Waals surface area contributed by atoms with Crippen LogP contribution in [0.3, 0.4) is 0 Å². The summed E-state index contributed by atoms with van der Waals surface area (Å²) in [5.74, 6) is 1.77. The summed E-state index contributed by atoms with van der Waals surface area (Å²) in [5, 5.41) is 9.33. The Morgan fingerprint density at radius 2 is 2.00 bits per heavy atom. The van der Waals surface area contributed by atoms with Crippen LogP contribution in [0.15, 0.2) is 24.3 Å². The van der Waals surface area contributed by atoms with Crippen molar-refractivity contribution in [3.05, 3.63) is 35.4 Å². The maximum atomic E-state index is 11.3. The molecule has 0 heterocycles. The smallest absolute Gasteiger partial charge is 0.303 e. The van der Waals surface area contributed by atoms with Crippen molar-refractivity contribution in [2.45, 2.75) is 63.7 Å². The van der Waals surface area contributed by atoms with Crippen LogP contribution in [0.4, 0.5) is 0 Å². The average Bonchev–Trinajstić information content (AvgIpc) is 2.89. The molecule has 2 heteroatoms. The molecule has 3 aliphatic rings. The number of carbonyl (C=O) groups is 1. The van der Waals surface area contributed by atoms with Gasteiger partial charge in [-0.05, 0) is 72.3 Å². The summed E-state index contributed by atoms with van der Waals surface area (Å²) >= 11 is 0. The first-order chi connectivity index (χ1) is 10.6. The van der Waals surface area contributed by atoms with E-state index in [4.69, 9.17) is 0 Å². The molecular formula is C20H26O2. The largest absolute Gasteiger partial charge is 0.481 e. The molecule has 5 atom stereocenters. The average molecular weight is 298 g/mol. The van der Waals surface area contributed by atoms with Gasteiger partial charge < -0.3 is 5.11 Å². The minimum atomic E-state index is -0.650. The first-order valence-corrected chi connectivity index (χ1v) is 8.89. The molecule has 0 aromatic heterocycles. The first kappa shape index (κ1) is 14.3. The van der Waals surface area contributed by atoms with Gasteiger partial charge in [-0.2, -0.15) is 0 Å². The Hall–Kier alpha value is -1.31. The fraction of sp³-hybridized carbons (Fsp3) is 0.650. The number of hydrogen-bond acceptors (Lipinski definition) is 1. The summed E-state index contributed by atoms with van der Waals surface area (Å²) in [5.41, 5.74) is 3.33. The molecular weight excluding hydrogens is 272 g/mol. The molecule has 0 radical (unpaired) electrons. The van der Waals surface area contributed by atoms with Gasteiger partial charge in [0.25, 0.3) is 0 Å². The fourth-order valence-corrected chi connectivity index (χ4v) is 6.08. The van der Waals surface area contributed by atoms with Gasteiger partial charge in [0.15, 0.2) is 0 Å². The van der Waals surface area contributed by atoms with E-state index >= 15 is 0 Å². The van der Waals surface area contributed by atoms with E-state index in [2.05, 4.69) is 31.2 Å². The predicted molar refractivity (Wildman–Crippen MR) is 87.0 cm³/mol. The third-order valence-corrected chi connectivity index (χ3v) is 7.03. The van der Waals surface area contributed by atoms with Gasteiger partial charge in [0.05, 0.1) is 6.42 Å². The van der Waals surface area contributed by atoms with E-state index in [0.717, 1.165) is 12.3 Å². The molecule has 1 aromatic carbocycles. The Morgan fingerprint density at radius 1 is 1.23 bits per heavy atom. The summed E-state index contributed by atoms with van der Waals surface area (Å²) in [6, 6.07) is 8.68. The van der Waals surface area contributed by atoms with Crippen molar-refractivity contribution in [2.24, 2.45) is 17.3 Å². The van der Waals surface area contributed by atoms with E-state index in [-0.39, 0.29) is 5.92 Å². The highest BCUT2D eigenvalue weighted by Crippen LogP contribution is 2.62. The topological polar surface area (TPSA) is 37.3 Å². The van der Waals surface area contributed by atoms with Crippen LogP contribution in [-0.2, 0) is 4.79 Å². The summed E-state index contributed by atoms with van der Waals surface area (Å²) in [7, 11) is 0. The molecule has 3 aliphatic carbocycles. The van der Waals surface area contributed by atoms with Crippen molar-refractivity contribution < 1.29 is 9.90 Å². The van der Waals surface area contributed by atoms with E-state index in [9.17, 15) is 9.90 Å². The van der Waals surface area contributed by atoms with Crippen LogP contribution in [-0.4, -0.2) is 11.1 Å². The van der Waals surface area contributed by atoms with Crippen molar-refractivity contribution in [1.29, 1.82) is 0 Å². The molecule has 2 fully saturated rings. The maximum absolute atomic E-state index is 11.3. The van der Waals surface area contributed by atoms with Gasteiger partial charge in [0, 0.05) is 0 Å². The normalized spacial score (nSPS) is 39.7. The molecule has 0 bridgehead atoms. The summed E-state index contributed by atoms with van der Waals surface area (Å²) < 4.78 is 0. The molecule has 118 valence electrons. The van der Waals surface area contributed by atoms with Crippen molar-refractivity contribution in [1.82, 2.24) is 0 Å². The van der Waals surface area contributed by atoms with Gasteiger partial charge in [-0.15, -0.1) is 0 Å². The molecule has 0 spiro atoms. The van der Waals surface area contributed by atoms with Gasteiger partial charge >= 0.3 is 5.97 Å². The van der Waals surface area contributed by atoms with E-state index in [1.165, 1.54) is 43.2 Å². The van der Waals surface area contributed by atoms with E-state index < -0.39 is 5.97 Å². The fourth-order valence-electron chi connectivity index (χ4n) is 6.08. The van der Waals surface area contributed by atoms with Gasteiger partial charge in [-0.1, -0.05) is 37.6 Å². The second kappa shape index (κ2) is 5.11. The Labute approximate surface area is 132 Å². The van der Waals surface area contributed by atoms with Crippen LogP contribution in [0, 0.1) is 17.3 Å². The zero-order chi connectivity index (χ0) is 15.3. The third kappa shape index (κ3) is 2.11. The van der Waals surface area contributed by atoms with Gasteiger partial charge in [-0.25, -0.2) is 0 Å². The molecule has 0 aliphatic heterocycles. The van der Waals surface area contributed by atoms with Crippen molar-refractivity contribution in [3.8, 4) is 0 Å². The molecule has 0 saturated heterocycles. The molecule has 2 nitrogen and oxygen atoms in total. The van der Waals surface area contributed by atoms with E-state index in [1.54, 1.807) is 0 Å². The molecule has 1 N–H and O–H groups in total. The number of rotatable bonds is 2. The Bertz CT molecular complexity index is 593. The highest BCUT2D eigenvalue weighted by Gasteiger charge is 2.51. The van der Waals surface area contributed by atoms with Crippen molar-refractivity contribution in [3.63, 3.8) is 0 Å². The van der Waals surface area contributed by atoms with E-state index in [1.807, 2.05) is 0 Å². The van der Waals surface area contributed by atoms with Gasteiger partial charge in [0.2, 0.25) is 0 Å². The molecule has 1 aromatic rings. The number of aliphatic carboxylic acids is 1.